The summed E-state index contributed by atoms with van der Waals surface area (Å²) < 4.78 is 10.9. The minimum Gasteiger partial charge on any atom is -0.496 e. The van der Waals surface area contributed by atoms with Gasteiger partial charge in [0.1, 0.15) is 11.4 Å². The summed E-state index contributed by atoms with van der Waals surface area (Å²) in [5, 5.41) is 0. The van der Waals surface area contributed by atoms with E-state index in [9.17, 15) is 4.79 Å². The maximum atomic E-state index is 12.2. The lowest BCUT2D eigenvalue weighted by Gasteiger charge is -2.40. The number of nitrogen functional groups attached to an aromatic ring is 1. The number of nitrogens with zero attached hydrogens (tertiary/aromatic N) is 2. The Morgan fingerprint density at radius 3 is 2.62 bits per heavy atom. The van der Waals surface area contributed by atoms with Gasteiger partial charge in [0.15, 0.2) is 0 Å². The molecule has 1 atom stereocenters. The monoisotopic (exact) mass is 335 g/mol. The summed E-state index contributed by atoms with van der Waals surface area (Å²) >= 11 is 0. The van der Waals surface area contributed by atoms with Gasteiger partial charge < -0.3 is 20.1 Å². The molecule has 0 aliphatic carbocycles. The van der Waals surface area contributed by atoms with Gasteiger partial charge in [0, 0.05) is 43.5 Å². The largest absolute Gasteiger partial charge is 0.496 e. The predicted octanol–water partition coefficient (Wildman–Crippen LogP) is 2.72. The first kappa shape index (κ1) is 18.4. The van der Waals surface area contributed by atoms with Gasteiger partial charge in [-0.3, -0.25) is 4.90 Å². The average molecular weight is 335 g/mol. The maximum Gasteiger partial charge on any atom is 0.410 e. The summed E-state index contributed by atoms with van der Waals surface area (Å²) in [7, 11) is 1.67. The molecule has 2 rings (SSSR count). The highest BCUT2D eigenvalue weighted by Gasteiger charge is 2.30. The van der Waals surface area contributed by atoms with Crippen molar-refractivity contribution in [2.45, 2.75) is 45.9 Å². The van der Waals surface area contributed by atoms with Crippen molar-refractivity contribution in [3.05, 3.63) is 23.8 Å². The molecule has 1 aromatic carbocycles. The van der Waals surface area contributed by atoms with E-state index in [0.717, 1.165) is 30.1 Å². The average Bonchev–Trinajstić information content (AvgIpc) is 2.47. The first-order valence-corrected chi connectivity index (χ1v) is 8.34. The summed E-state index contributed by atoms with van der Waals surface area (Å²) in [5.74, 6) is 0.839. The molecule has 134 valence electrons. The fourth-order valence-corrected chi connectivity index (χ4v) is 2.86. The number of amides is 1. The van der Waals surface area contributed by atoms with E-state index in [1.807, 2.05) is 39.0 Å². The lowest BCUT2D eigenvalue weighted by atomic mass is 10.1. The second-order valence-corrected chi connectivity index (χ2v) is 7.32. The van der Waals surface area contributed by atoms with Crippen molar-refractivity contribution < 1.29 is 14.3 Å². The van der Waals surface area contributed by atoms with Crippen LogP contribution in [0.2, 0.25) is 0 Å². The number of methoxy groups -OCH3 is 1. The van der Waals surface area contributed by atoms with E-state index in [0.29, 0.717) is 13.1 Å². The van der Waals surface area contributed by atoms with E-state index in [4.69, 9.17) is 15.2 Å². The first-order valence-electron chi connectivity index (χ1n) is 8.34. The predicted molar refractivity (Wildman–Crippen MR) is 95.1 cm³/mol. The van der Waals surface area contributed by atoms with Crippen molar-refractivity contribution in [2.75, 3.05) is 32.5 Å². The molecular formula is C18H29N3O3. The van der Waals surface area contributed by atoms with Gasteiger partial charge in [0.25, 0.3) is 0 Å². The van der Waals surface area contributed by atoms with Crippen LogP contribution in [0.25, 0.3) is 0 Å². The molecule has 24 heavy (non-hydrogen) atoms. The van der Waals surface area contributed by atoms with Crippen LogP contribution in [0.3, 0.4) is 0 Å². The summed E-state index contributed by atoms with van der Waals surface area (Å²) in [6.45, 7) is 10.6. The minimum absolute atomic E-state index is 0.234. The molecule has 1 amide bonds. The lowest BCUT2D eigenvalue weighted by molar-refractivity contribution is 0.00452. The van der Waals surface area contributed by atoms with Gasteiger partial charge in [-0.25, -0.2) is 4.79 Å². The maximum absolute atomic E-state index is 12.2. The van der Waals surface area contributed by atoms with Gasteiger partial charge >= 0.3 is 6.09 Å². The second kappa shape index (κ2) is 7.30. The van der Waals surface area contributed by atoms with Crippen molar-refractivity contribution in [1.82, 2.24) is 9.80 Å². The highest BCUT2D eigenvalue weighted by atomic mass is 16.6. The van der Waals surface area contributed by atoms with Crippen LogP contribution in [0.1, 0.15) is 33.3 Å². The SMILES string of the molecule is COc1ccc(N)cc1CN1CCN(C(=O)OC(C)(C)C)C[C@H]1C. The van der Waals surface area contributed by atoms with Crippen molar-refractivity contribution in [3.63, 3.8) is 0 Å². The second-order valence-electron chi connectivity index (χ2n) is 7.32. The molecule has 2 N–H and O–H groups in total. The summed E-state index contributed by atoms with van der Waals surface area (Å²) in [6.07, 6.45) is -0.240. The fourth-order valence-electron chi connectivity index (χ4n) is 2.86. The molecule has 1 aromatic rings. The molecule has 6 heteroatoms. The topological polar surface area (TPSA) is 68.0 Å². The number of anilines is 1. The van der Waals surface area contributed by atoms with Crippen LogP contribution in [0.4, 0.5) is 10.5 Å². The van der Waals surface area contributed by atoms with Crippen molar-refractivity contribution in [2.24, 2.45) is 0 Å². The van der Waals surface area contributed by atoms with Gasteiger partial charge in [-0.05, 0) is 45.9 Å². The lowest BCUT2D eigenvalue weighted by Crippen LogP contribution is -2.54. The molecule has 1 aliphatic heterocycles. The molecule has 0 bridgehead atoms. The Labute approximate surface area is 144 Å². The summed E-state index contributed by atoms with van der Waals surface area (Å²) in [4.78, 5) is 16.3. The van der Waals surface area contributed by atoms with Crippen molar-refractivity contribution in [3.8, 4) is 5.75 Å². The van der Waals surface area contributed by atoms with Crippen LogP contribution in [0.5, 0.6) is 5.75 Å². The van der Waals surface area contributed by atoms with E-state index < -0.39 is 5.60 Å². The standard InChI is InChI=1S/C18H29N3O3/c1-13-11-21(17(22)24-18(2,3)4)9-8-20(13)12-14-10-15(19)6-7-16(14)23-5/h6-7,10,13H,8-9,11-12,19H2,1-5H3/t13-/m1/s1. The molecule has 1 saturated heterocycles. The number of hydrogen-bond donors (Lipinski definition) is 1. The Balaban J connectivity index is 1.99. The number of hydrogen-bond acceptors (Lipinski definition) is 5. The van der Waals surface area contributed by atoms with Crippen LogP contribution >= 0.6 is 0 Å². The third-order valence-corrected chi connectivity index (χ3v) is 4.09. The smallest absolute Gasteiger partial charge is 0.410 e. The molecular weight excluding hydrogens is 306 g/mol. The Morgan fingerprint density at radius 1 is 1.33 bits per heavy atom. The van der Waals surface area contributed by atoms with Gasteiger partial charge in [0.2, 0.25) is 0 Å². The molecule has 1 aliphatic rings. The number of rotatable bonds is 3. The van der Waals surface area contributed by atoms with Crippen LogP contribution in [-0.2, 0) is 11.3 Å². The Kier molecular flexibility index (Phi) is 5.59. The van der Waals surface area contributed by atoms with Gasteiger partial charge in [-0.15, -0.1) is 0 Å². The molecule has 0 spiro atoms. The number of carbonyl (C=O) groups excluding carboxylic acids is 1. The molecule has 0 radical (unpaired) electrons. The first-order chi connectivity index (χ1) is 11.2. The number of ether oxygens (including phenoxy) is 2. The van der Waals surface area contributed by atoms with E-state index in [2.05, 4.69) is 11.8 Å². The third kappa shape index (κ3) is 4.77. The number of piperazine rings is 1. The zero-order valence-electron chi connectivity index (χ0n) is 15.3. The Morgan fingerprint density at radius 2 is 2.04 bits per heavy atom. The summed E-state index contributed by atoms with van der Waals surface area (Å²) in [5.41, 5.74) is 7.23. The third-order valence-electron chi connectivity index (χ3n) is 4.09. The van der Waals surface area contributed by atoms with Crippen LogP contribution in [0.15, 0.2) is 18.2 Å². The van der Waals surface area contributed by atoms with Crippen molar-refractivity contribution >= 4 is 11.8 Å². The molecule has 0 saturated carbocycles. The van der Waals surface area contributed by atoms with Crippen molar-refractivity contribution in [1.29, 1.82) is 0 Å². The van der Waals surface area contributed by atoms with Crippen LogP contribution in [0, 0.1) is 0 Å². The summed E-state index contributed by atoms with van der Waals surface area (Å²) in [6, 6.07) is 5.92. The van der Waals surface area contributed by atoms with E-state index in [1.54, 1.807) is 12.0 Å². The normalized spacial score (nSPS) is 19.2. The quantitative estimate of drug-likeness (QED) is 0.860. The van der Waals surface area contributed by atoms with Crippen LogP contribution in [-0.4, -0.2) is 54.3 Å². The van der Waals surface area contributed by atoms with Crippen LogP contribution < -0.4 is 10.5 Å². The van der Waals surface area contributed by atoms with E-state index in [-0.39, 0.29) is 12.1 Å². The zero-order valence-corrected chi connectivity index (χ0v) is 15.3. The zero-order chi connectivity index (χ0) is 17.9. The molecule has 0 unspecified atom stereocenters. The molecule has 1 heterocycles. The fraction of sp³-hybridized carbons (Fsp3) is 0.611. The molecule has 1 fully saturated rings. The number of benzene rings is 1. The highest BCUT2D eigenvalue weighted by molar-refractivity contribution is 5.68. The van der Waals surface area contributed by atoms with Gasteiger partial charge in [-0.2, -0.15) is 0 Å². The number of carbonyl (C=O) groups is 1. The van der Waals surface area contributed by atoms with Gasteiger partial charge in [0.05, 0.1) is 7.11 Å². The molecule has 0 aromatic heterocycles. The minimum atomic E-state index is -0.466. The molecule has 6 nitrogen and oxygen atoms in total. The highest BCUT2D eigenvalue weighted by Crippen LogP contribution is 2.25. The van der Waals surface area contributed by atoms with E-state index in [1.165, 1.54) is 0 Å². The Bertz CT molecular complexity index is 583. The number of nitrogens with two attached hydrogens (primary N) is 1. The Hall–Kier alpha value is -1.95. The van der Waals surface area contributed by atoms with E-state index >= 15 is 0 Å². The van der Waals surface area contributed by atoms with Gasteiger partial charge in [-0.1, -0.05) is 0 Å².